The van der Waals surface area contributed by atoms with Gasteiger partial charge in [-0.15, -0.1) is 0 Å². The van der Waals surface area contributed by atoms with Crippen molar-refractivity contribution >= 4 is 5.69 Å². The fourth-order valence-electron chi connectivity index (χ4n) is 2.48. The summed E-state index contributed by atoms with van der Waals surface area (Å²) in [6.07, 6.45) is -5.02. The van der Waals surface area contributed by atoms with Crippen molar-refractivity contribution in [1.29, 1.82) is 0 Å². The molecule has 0 spiro atoms. The van der Waals surface area contributed by atoms with Crippen LogP contribution in [0, 0.1) is 10.1 Å². The summed E-state index contributed by atoms with van der Waals surface area (Å²) in [5.74, 6) is 0. The Morgan fingerprint density at radius 2 is 2.10 bits per heavy atom. The molecule has 0 bridgehead atoms. The average Bonchev–Trinajstić information content (AvgIpc) is 2.72. The molecule has 1 N–H and O–H groups in total. The first-order valence-corrected chi connectivity index (χ1v) is 6.03. The number of alkyl halides is 3. The summed E-state index contributed by atoms with van der Waals surface area (Å²) >= 11 is 0. The van der Waals surface area contributed by atoms with Gasteiger partial charge in [0.1, 0.15) is 0 Å². The Balaban J connectivity index is 2.42. The molecular formula is C12H14F3N3O2. The fourth-order valence-corrected chi connectivity index (χ4v) is 2.48. The molecule has 1 aromatic rings. The lowest BCUT2D eigenvalue weighted by atomic mass is 9.97. The number of nitrogens with one attached hydrogen (secondary N) is 1. The maximum Gasteiger partial charge on any atom is 0.420 e. The predicted octanol–water partition coefficient (Wildman–Crippen LogP) is 1.93. The highest BCUT2D eigenvalue weighted by Crippen LogP contribution is 2.39. The number of benzene rings is 1. The van der Waals surface area contributed by atoms with Gasteiger partial charge in [-0.2, -0.15) is 13.2 Å². The second-order valence-corrected chi connectivity index (χ2v) is 4.77. The van der Waals surface area contributed by atoms with Crippen LogP contribution >= 0.6 is 0 Å². The van der Waals surface area contributed by atoms with Crippen molar-refractivity contribution in [3.05, 3.63) is 39.9 Å². The van der Waals surface area contributed by atoms with Crippen LogP contribution in [0.25, 0.3) is 0 Å². The Kier molecular flexibility index (Phi) is 3.70. The minimum Gasteiger partial charge on any atom is -0.290 e. The number of rotatable bonds is 3. The molecule has 0 aromatic heterocycles. The molecule has 0 aliphatic carbocycles. The molecule has 1 aromatic carbocycles. The maximum absolute atomic E-state index is 13.4. The summed E-state index contributed by atoms with van der Waals surface area (Å²) in [4.78, 5) is 11.4. The van der Waals surface area contributed by atoms with Gasteiger partial charge in [0, 0.05) is 31.1 Å². The molecule has 1 unspecified atom stereocenters. The molecule has 1 aliphatic heterocycles. The molecule has 0 amide bonds. The zero-order chi connectivity index (χ0) is 15.0. The zero-order valence-corrected chi connectivity index (χ0v) is 10.8. The van der Waals surface area contributed by atoms with Crippen molar-refractivity contribution < 1.29 is 18.1 Å². The van der Waals surface area contributed by atoms with Gasteiger partial charge in [0.25, 0.3) is 5.69 Å². The molecule has 1 aliphatic rings. The highest BCUT2D eigenvalue weighted by Gasteiger charge is 2.59. The summed E-state index contributed by atoms with van der Waals surface area (Å²) < 4.78 is 40.2. The van der Waals surface area contributed by atoms with Crippen LogP contribution in [-0.4, -0.2) is 41.8 Å². The van der Waals surface area contributed by atoms with Gasteiger partial charge in [-0.3, -0.25) is 20.3 Å². The molecule has 0 radical (unpaired) electrons. The van der Waals surface area contributed by atoms with Crippen LogP contribution in [0.4, 0.5) is 18.9 Å². The lowest BCUT2D eigenvalue weighted by molar-refractivity contribution is -0.385. The van der Waals surface area contributed by atoms with Gasteiger partial charge in [0.15, 0.2) is 5.66 Å². The van der Waals surface area contributed by atoms with Crippen molar-refractivity contribution in [1.82, 2.24) is 10.2 Å². The van der Waals surface area contributed by atoms with Crippen molar-refractivity contribution in [2.75, 3.05) is 20.1 Å². The van der Waals surface area contributed by atoms with Gasteiger partial charge < -0.3 is 0 Å². The van der Waals surface area contributed by atoms with Gasteiger partial charge in [-0.25, -0.2) is 0 Å². The number of nitrogens with zero attached hydrogens (tertiary/aromatic N) is 2. The third-order valence-electron chi connectivity index (χ3n) is 3.62. The standard InChI is InChI=1S/C12H14F3N3O2/c1-17-7-6-16-11(17,12(13,14)15)8-9-4-2-3-5-10(9)18(19)20/h2-5,16H,6-8H2,1H3. The molecule has 0 saturated carbocycles. The highest BCUT2D eigenvalue weighted by atomic mass is 19.4. The number of halogens is 3. The molecule has 2 rings (SSSR count). The molecule has 1 atom stereocenters. The van der Waals surface area contributed by atoms with Gasteiger partial charge in [-0.1, -0.05) is 18.2 Å². The van der Waals surface area contributed by atoms with E-state index >= 15 is 0 Å². The second-order valence-electron chi connectivity index (χ2n) is 4.77. The maximum atomic E-state index is 13.4. The Labute approximate surface area is 113 Å². The Hall–Kier alpha value is -1.67. The molecule has 1 saturated heterocycles. The van der Waals surface area contributed by atoms with E-state index in [0.717, 1.165) is 4.90 Å². The summed E-state index contributed by atoms with van der Waals surface area (Å²) in [5, 5.41) is 13.4. The number of likely N-dealkylation sites (N-methyl/N-ethyl adjacent to an activating group) is 1. The number of nitro benzene ring substituents is 1. The van der Waals surface area contributed by atoms with Crippen molar-refractivity contribution in [3.8, 4) is 0 Å². The van der Waals surface area contributed by atoms with Crippen LogP contribution in [0.5, 0.6) is 0 Å². The van der Waals surface area contributed by atoms with E-state index < -0.39 is 23.2 Å². The normalized spacial score (nSPS) is 24.0. The third-order valence-corrected chi connectivity index (χ3v) is 3.62. The van der Waals surface area contributed by atoms with E-state index in [2.05, 4.69) is 5.32 Å². The van der Waals surface area contributed by atoms with Crippen molar-refractivity contribution in [2.45, 2.75) is 18.3 Å². The van der Waals surface area contributed by atoms with Crippen LogP contribution < -0.4 is 5.32 Å². The van der Waals surface area contributed by atoms with E-state index in [1.54, 1.807) is 0 Å². The number of nitro groups is 1. The smallest absolute Gasteiger partial charge is 0.290 e. The van der Waals surface area contributed by atoms with E-state index in [0.29, 0.717) is 0 Å². The lowest BCUT2D eigenvalue weighted by Gasteiger charge is -2.37. The van der Waals surface area contributed by atoms with Crippen LogP contribution in [0.15, 0.2) is 24.3 Å². The lowest BCUT2D eigenvalue weighted by Crippen LogP contribution is -2.62. The summed E-state index contributed by atoms with van der Waals surface area (Å²) in [7, 11) is 1.36. The minimum atomic E-state index is -4.53. The first-order chi connectivity index (χ1) is 9.28. The van der Waals surface area contributed by atoms with Gasteiger partial charge >= 0.3 is 6.18 Å². The van der Waals surface area contributed by atoms with Gasteiger partial charge in [0.2, 0.25) is 0 Å². The second kappa shape index (κ2) is 5.02. The molecule has 110 valence electrons. The summed E-state index contributed by atoms with van der Waals surface area (Å²) in [6.45, 7) is 0.427. The fraction of sp³-hybridized carbons (Fsp3) is 0.500. The predicted molar refractivity (Wildman–Crippen MR) is 66.2 cm³/mol. The van der Waals surface area contributed by atoms with E-state index in [4.69, 9.17) is 0 Å². The quantitative estimate of drug-likeness (QED) is 0.682. The minimum absolute atomic E-state index is 0.0658. The molecule has 20 heavy (non-hydrogen) atoms. The molecule has 1 heterocycles. The van der Waals surface area contributed by atoms with Crippen LogP contribution in [-0.2, 0) is 6.42 Å². The molecule has 1 fully saturated rings. The van der Waals surface area contributed by atoms with Crippen LogP contribution in [0.3, 0.4) is 0 Å². The largest absolute Gasteiger partial charge is 0.420 e. The Morgan fingerprint density at radius 1 is 1.45 bits per heavy atom. The first-order valence-electron chi connectivity index (χ1n) is 6.03. The topological polar surface area (TPSA) is 58.4 Å². The van der Waals surface area contributed by atoms with Crippen molar-refractivity contribution in [2.24, 2.45) is 0 Å². The van der Waals surface area contributed by atoms with Crippen molar-refractivity contribution in [3.63, 3.8) is 0 Å². The zero-order valence-electron chi connectivity index (χ0n) is 10.8. The van der Waals surface area contributed by atoms with E-state index in [1.165, 1.54) is 31.3 Å². The van der Waals surface area contributed by atoms with E-state index in [9.17, 15) is 23.3 Å². The number of hydrogen-bond acceptors (Lipinski definition) is 4. The first kappa shape index (κ1) is 14.7. The number of hydrogen-bond donors (Lipinski definition) is 1. The third kappa shape index (κ3) is 2.36. The molecular weight excluding hydrogens is 275 g/mol. The highest BCUT2D eigenvalue weighted by molar-refractivity contribution is 5.41. The SMILES string of the molecule is CN1CCNC1(Cc1ccccc1[N+](=O)[O-])C(F)(F)F. The van der Waals surface area contributed by atoms with Gasteiger partial charge in [-0.05, 0) is 7.05 Å². The van der Waals surface area contributed by atoms with Crippen LogP contribution in [0.2, 0.25) is 0 Å². The molecule has 5 nitrogen and oxygen atoms in total. The van der Waals surface area contributed by atoms with E-state index in [-0.39, 0.29) is 24.3 Å². The average molecular weight is 289 g/mol. The monoisotopic (exact) mass is 289 g/mol. The summed E-state index contributed by atoms with van der Waals surface area (Å²) in [5.41, 5.74) is -2.48. The number of para-hydroxylation sites is 1. The summed E-state index contributed by atoms with van der Waals surface area (Å²) in [6, 6.07) is 5.52. The van der Waals surface area contributed by atoms with Gasteiger partial charge in [0.05, 0.1) is 4.92 Å². The van der Waals surface area contributed by atoms with E-state index in [1.807, 2.05) is 0 Å². The van der Waals surface area contributed by atoms with Crippen LogP contribution in [0.1, 0.15) is 5.56 Å². The Bertz CT molecular complexity index is 521. The molecule has 8 heteroatoms. The Morgan fingerprint density at radius 3 is 2.60 bits per heavy atom.